The Hall–Kier alpha value is -1.84. The van der Waals surface area contributed by atoms with Crippen LogP contribution >= 0.6 is 0 Å². The fourth-order valence-electron chi connectivity index (χ4n) is 2.19. The molecule has 0 atom stereocenters. The molecule has 0 radical (unpaired) electrons. The highest BCUT2D eigenvalue weighted by Crippen LogP contribution is 2.29. The standard InChI is InChI=1S/C17H21NO2/c1-13-7-8-17(15(11-13)12-18-2)20-16-6-4-3-5-14(16)9-10-19/h3-8,11,18-19H,9-10,12H2,1-2H3. The molecule has 0 unspecified atom stereocenters. The van der Waals surface area contributed by atoms with E-state index in [1.54, 1.807) is 0 Å². The summed E-state index contributed by atoms with van der Waals surface area (Å²) < 4.78 is 6.05. The van der Waals surface area contributed by atoms with Gasteiger partial charge in [-0.15, -0.1) is 0 Å². The summed E-state index contributed by atoms with van der Waals surface area (Å²) in [4.78, 5) is 0. The summed E-state index contributed by atoms with van der Waals surface area (Å²) in [6.07, 6.45) is 0.601. The lowest BCUT2D eigenvalue weighted by Gasteiger charge is -2.14. The third-order valence-corrected chi connectivity index (χ3v) is 3.16. The molecule has 0 aliphatic heterocycles. The van der Waals surface area contributed by atoms with Crippen molar-refractivity contribution in [2.45, 2.75) is 19.9 Å². The fourth-order valence-corrected chi connectivity index (χ4v) is 2.19. The molecule has 0 heterocycles. The van der Waals surface area contributed by atoms with Gasteiger partial charge in [0.2, 0.25) is 0 Å². The maximum atomic E-state index is 9.12. The monoisotopic (exact) mass is 271 g/mol. The second-order valence-corrected chi connectivity index (χ2v) is 4.82. The highest BCUT2D eigenvalue weighted by molar-refractivity contribution is 5.43. The molecule has 0 saturated heterocycles. The number of aryl methyl sites for hydroxylation is 1. The molecular weight excluding hydrogens is 250 g/mol. The number of rotatable bonds is 6. The Kier molecular flexibility index (Phi) is 5.16. The fraction of sp³-hybridized carbons (Fsp3) is 0.294. The van der Waals surface area contributed by atoms with Crippen molar-refractivity contribution in [1.82, 2.24) is 5.32 Å². The number of para-hydroxylation sites is 1. The predicted octanol–water partition coefficient (Wildman–Crippen LogP) is 3.04. The molecule has 0 aliphatic rings. The molecule has 3 heteroatoms. The van der Waals surface area contributed by atoms with Crippen molar-refractivity contribution in [2.75, 3.05) is 13.7 Å². The molecule has 106 valence electrons. The smallest absolute Gasteiger partial charge is 0.131 e. The largest absolute Gasteiger partial charge is 0.457 e. The minimum absolute atomic E-state index is 0.123. The highest BCUT2D eigenvalue weighted by Gasteiger charge is 2.08. The number of hydrogen-bond acceptors (Lipinski definition) is 3. The van der Waals surface area contributed by atoms with E-state index in [-0.39, 0.29) is 6.61 Å². The van der Waals surface area contributed by atoms with Crippen LogP contribution in [0.15, 0.2) is 42.5 Å². The molecule has 2 aromatic carbocycles. The van der Waals surface area contributed by atoms with Gasteiger partial charge in [-0.2, -0.15) is 0 Å². The van der Waals surface area contributed by atoms with Gasteiger partial charge in [-0.25, -0.2) is 0 Å². The summed E-state index contributed by atoms with van der Waals surface area (Å²) in [5.41, 5.74) is 3.36. The molecule has 2 N–H and O–H groups in total. The number of ether oxygens (including phenoxy) is 1. The molecule has 3 nitrogen and oxygen atoms in total. The molecule has 0 spiro atoms. The van der Waals surface area contributed by atoms with E-state index in [2.05, 4.69) is 18.3 Å². The molecular formula is C17H21NO2. The first kappa shape index (κ1) is 14.6. The van der Waals surface area contributed by atoms with Crippen molar-refractivity contribution in [3.05, 3.63) is 59.2 Å². The summed E-state index contributed by atoms with van der Waals surface area (Å²) in [5, 5.41) is 12.3. The Labute approximate surface area is 120 Å². The van der Waals surface area contributed by atoms with Crippen LogP contribution in [0.5, 0.6) is 11.5 Å². The van der Waals surface area contributed by atoms with Crippen molar-refractivity contribution in [1.29, 1.82) is 0 Å². The second-order valence-electron chi connectivity index (χ2n) is 4.82. The molecule has 0 amide bonds. The van der Waals surface area contributed by atoms with Gasteiger partial charge in [-0.3, -0.25) is 0 Å². The average Bonchev–Trinajstić information content (AvgIpc) is 2.44. The third-order valence-electron chi connectivity index (χ3n) is 3.16. The first-order valence-electron chi connectivity index (χ1n) is 6.85. The number of aliphatic hydroxyl groups excluding tert-OH is 1. The zero-order chi connectivity index (χ0) is 14.4. The van der Waals surface area contributed by atoms with Gasteiger partial charge >= 0.3 is 0 Å². The SMILES string of the molecule is CNCc1cc(C)ccc1Oc1ccccc1CCO. The van der Waals surface area contributed by atoms with Crippen LogP contribution < -0.4 is 10.1 Å². The van der Waals surface area contributed by atoms with Gasteiger partial charge in [0.15, 0.2) is 0 Å². The Balaban J connectivity index is 2.29. The Morgan fingerprint density at radius 1 is 1.05 bits per heavy atom. The minimum atomic E-state index is 0.123. The van der Waals surface area contributed by atoms with Crippen LogP contribution in [-0.2, 0) is 13.0 Å². The van der Waals surface area contributed by atoms with Crippen LogP contribution in [-0.4, -0.2) is 18.8 Å². The van der Waals surface area contributed by atoms with Crippen molar-refractivity contribution in [3.8, 4) is 11.5 Å². The van der Waals surface area contributed by atoms with Gasteiger partial charge in [0.1, 0.15) is 11.5 Å². The average molecular weight is 271 g/mol. The van der Waals surface area contributed by atoms with Crippen molar-refractivity contribution in [3.63, 3.8) is 0 Å². The lowest BCUT2D eigenvalue weighted by atomic mass is 10.1. The van der Waals surface area contributed by atoms with Gasteiger partial charge in [-0.1, -0.05) is 35.9 Å². The summed E-state index contributed by atoms with van der Waals surface area (Å²) in [6, 6.07) is 14.0. The van der Waals surface area contributed by atoms with E-state index in [0.717, 1.165) is 29.2 Å². The number of aliphatic hydroxyl groups is 1. The number of hydrogen-bond donors (Lipinski definition) is 2. The van der Waals surface area contributed by atoms with Crippen molar-refractivity contribution < 1.29 is 9.84 Å². The third kappa shape index (κ3) is 3.59. The maximum Gasteiger partial charge on any atom is 0.131 e. The highest BCUT2D eigenvalue weighted by atomic mass is 16.5. The van der Waals surface area contributed by atoms with E-state index < -0.39 is 0 Å². The van der Waals surface area contributed by atoms with Gasteiger partial charge in [0.05, 0.1) is 0 Å². The van der Waals surface area contributed by atoms with Gasteiger partial charge in [0.25, 0.3) is 0 Å². The van der Waals surface area contributed by atoms with Crippen LogP contribution in [0, 0.1) is 6.92 Å². The lowest BCUT2D eigenvalue weighted by Crippen LogP contribution is -2.07. The molecule has 0 saturated carbocycles. The Bertz CT molecular complexity index is 567. The van der Waals surface area contributed by atoms with Crippen LogP contribution in [0.1, 0.15) is 16.7 Å². The van der Waals surface area contributed by atoms with Gasteiger partial charge in [-0.05, 0) is 38.1 Å². The topological polar surface area (TPSA) is 41.5 Å². The number of nitrogens with one attached hydrogen (secondary N) is 1. The van der Waals surface area contributed by atoms with Gasteiger partial charge < -0.3 is 15.2 Å². The molecule has 0 aliphatic carbocycles. The molecule has 2 aromatic rings. The van der Waals surface area contributed by atoms with E-state index in [4.69, 9.17) is 9.84 Å². The van der Waals surface area contributed by atoms with Crippen LogP contribution in [0.2, 0.25) is 0 Å². The Morgan fingerprint density at radius 3 is 2.55 bits per heavy atom. The zero-order valence-corrected chi connectivity index (χ0v) is 12.0. The van der Waals surface area contributed by atoms with Crippen LogP contribution in [0.3, 0.4) is 0 Å². The van der Waals surface area contributed by atoms with E-state index in [0.29, 0.717) is 6.42 Å². The normalized spacial score (nSPS) is 10.6. The van der Waals surface area contributed by atoms with E-state index in [1.165, 1.54) is 5.56 Å². The minimum Gasteiger partial charge on any atom is -0.457 e. The summed E-state index contributed by atoms with van der Waals surface area (Å²) >= 11 is 0. The predicted molar refractivity (Wildman–Crippen MR) is 81.2 cm³/mol. The molecule has 0 fully saturated rings. The van der Waals surface area contributed by atoms with E-state index >= 15 is 0 Å². The second kappa shape index (κ2) is 7.08. The van der Waals surface area contributed by atoms with E-state index in [1.807, 2.05) is 43.4 Å². The van der Waals surface area contributed by atoms with Crippen LogP contribution in [0.4, 0.5) is 0 Å². The quantitative estimate of drug-likeness (QED) is 0.848. The summed E-state index contributed by atoms with van der Waals surface area (Å²) in [6.45, 7) is 2.96. The molecule has 20 heavy (non-hydrogen) atoms. The maximum absolute atomic E-state index is 9.12. The van der Waals surface area contributed by atoms with Crippen molar-refractivity contribution in [2.24, 2.45) is 0 Å². The van der Waals surface area contributed by atoms with Crippen LogP contribution in [0.25, 0.3) is 0 Å². The molecule has 0 aromatic heterocycles. The van der Waals surface area contributed by atoms with Gasteiger partial charge in [0, 0.05) is 18.7 Å². The summed E-state index contributed by atoms with van der Waals surface area (Å²) in [7, 11) is 1.92. The Morgan fingerprint density at radius 2 is 1.80 bits per heavy atom. The van der Waals surface area contributed by atoms with E-state index in [9.17, 15) is 0 Å². The first-order chi connectivity index (χ1) is 9.74. The zero-order valence-electron chi connectivity index (χ0n) is 12.0. The lowest BCUT2D eigenvalue weighted by molar-refractivity contribution is 0.298. The molecule has 2 rings (SSSR count). The molecule has 0 bridgehead atoms. The first-order valence-corrected chi connectivity index (χ1v) is 6.85. The summed E-state index contributed by atoms with van der Waals surface area (Å²) in [5.74, 6) is 1.66. The number of benzene rings is 2. The van der Waals surface area contributed by atoms with Crippen molar-refractivity contribution >= 4 is 0 Å².